The molecule has 0 saturated carbocycles. The number of aliphatic hydroxyl groups excluding tert-OH is 2. The van der Waals surface area contributed by atoms with Crippen LogP contribution in [0.4, 0.5) is 0 Å². The number of hydrogen-bond donors (Lipinski definition) is 3. The largest absolute Gasteiger partial charge is 0.394 e. The summed E-state index contributed by atoms with van der Waals surface area (Å²) in [5, 5.41) is 23.2. The number of amides is 1. The summed E-state index contributed by atoms with van der Waals surface area (Å²) in [6.45, 7) is 4.38. The monoisotopic (exact) mass is 734 g/mol. The quantitative estimate of drug-likeness (QED) is 0.0431. The van der Waals surface area contributed by atoms with Gasteiger partial charge in [-0.25, -0.2) is 0 Å². The molecule has 52 heavy (non-hydrogen) atoms. The molecule has 0 fully saturated rings. The van der Waals surface area contributed by atoms with Gasteiger partial charge in [0.1, 0.15) is 0 Å². The van der Waals surface area contributed by atoms with Gasteiger partial charge in [0.05, 0.1) is 18.8 Å². The van der Waals surface area contributed by atoms with Gasteiger partial charge in [-0.1, -0.05) is 238 Å². The molecule has 0 aromatic heterocycles. The molecule has 1 amide bonds. The third-order valence-corrected chi connectivity index (χ3v) is 11.3. The Morgan fingerprint density at radius 2 is 0.731 bits per heavy atom. The summed E-state index contributed by atoms with van der Waals surface area (Å²) in [7, 11) is 0. The highest BCUT2D eigenvalue weighted by molar-refractivity contribution is 5.76. The Morgan fingerprint density at radius 3 is 1.06 bits per heavy atom. The predicted molar refractivity (Wildman–Crippen MR) is 230 cm³/mol. The first kappa shape index (κ1) is 51.1. The fourth-order valence-corrected chi connectivity index (χ4v) is 7.59. The number of carbonyl (C=O) groups is 1. The number of aliphatic hydroxyl groups is 2. The van der Waals surface area contributed by atoms with E-state index in [0.29, 0.717) is 12.8 Å². The van der Waals surface area contributed by atoms with Crippen LogP contribution in [0.5, 0.6) is 0 Å². The van der Waals surface area contributed by atoms with Crippen LogP contribution < -0.4 is 5.32 Å². The molecule has 4 nitrogen and oxygen atoms in total. The fourth-order valence-electron chi connectivity index (χ4n) is 7.59. The van der Waals surface area contributed by atoms with E-state index in [0.717, 1.165) is 25.7 Å². The van der Waals surface area contributed by atoms with Crippen LogP contribution in [0.3, 0.4) is 0 Å². The maximum atomic E-state index is 12.4. The van der Waals surface area contributed by atoms with Crippen molar-refractivity contribution in [2.24, 2.45) is 0 Å². The molecule has 0 rings (SSSR count). The van der Waals surface area contributed by atoms with Gasteiger partial charge >= 0.3 is 0 Å². The summed E-state index contributed by atoms with van der Waals surface area (Å²) in [6.07, 6.45) is 55.9. The molecule has 0 aliphatic carbocycles. The van der Waals surface area contributed by atoms with E-state index in [1.807, 2.05) is 0 Å². The molecule has 0 bridgehead atoms. The number of allylic oxidation sites excluding steroid dienone is 2. The second kappa shape index (κ2) is 44.5. The zero-order chi connectivity index (χ0) is 37.8. The molecule has 0 spiro atoms. The maximum absolute atomic E-state index is 12.4. The average Bonchev–Trinajstić information content (AvgIpc) is 3.15. The van der Waals surface area contributed by atoms with Crippen LogP contribution in [0.1, 0.15) is 271 Å². The fraction of sp³-hybridized carbons (Fsp3) is 0.938. The highest BCUT2D eigenvalue weighted by Gasteiger charge is 2.20. The lowest BCUT2D eigenvalue weighted by molar-refractivity contribution is -0.123. The van der Waals surface area contributed by atoms with Gasteiger partial charge in [-0.3, -0.25) is 4.79 Å². The van der Waals surface area contributed by atoms with Crippen LogP contribution in [0.25, 0.3) is 0 Å². The van der Waals surface area contributed by atoms with Crippen molar-refractivity contribution in [1.82, 2.24) is 5.32 Å². The van der Waals surface area contributed by atoms with Crippen molar-refractivity contribution in [3.63, 3.8) is 0 Å². The third kappa shape index (κ3) is 40.3. The Bertz CT molecular complexity index is 710. The lowest BCUT2D eigenvalue weighted by atomic mass is 10.0. The lowest BCUT2D eigenvalue weighted by Gasteiger charge is -2.22. The molecule has 2 atom stereocenters. The summed E-state index contributed by atoms with van der Waals surface area (Å²) in [5.41, 5.74) is 0. The van der Waals surface area contributed by atoms with Gasteiger partial charge in [-0.2, -0.15) is 0 Å². The minimum atomic E-state index is -0.660. The summed E-state index contributed by atoms with van der Waals surface area (Å²) in [5.74, 6) is -0.0355. The van der Waals surface area contributed by atoms with Crippen molar-refractivity contribution >= 4 is 5.91 Å². The molecular weight excluding hydrogens is 639 g/mol. The van der Waals surface area contributed by atoms with Gasteiger partial charge in [0.25, 0.3) is 0 Å². The molecule has 3 N–H and O–H groups in total. The van der Waals surface area contributed by atoms with E-state index in [4.69, 9.17) is 0 Å². The standard InChI is InChI=1S/C48H95NO3/c1-3-5-7-9-11-13-15-17-19-21-23-24-25-26-27-29-31-33-35-37-39-41-43-47(51)46(45-50)49-48(52)44-42-40-38-36-34-32-30-28-22-20-18-16-14-12-10-8-6-4-2/h28,30,46-47,50-51H,3-27,29,31-45H2,1-2H3,(H,49,52)/b30-28-. The first-order valence-corrected chi connectivity index (χ1v) is 23.9. The maximum Gasteiger partial charge on any atom is 0.220 e. The van der Waals surface area contributed by atoms with Crippen LogP contribution in [0.15, 0.2) is 12.2 Å². The summed E-state index contributed by atoms with van der Waals surface area (Å²) >= 11 is 0. The molecule has 310 valence electrons. The van der Waals surface area contributed by atoms with Crippen molar-refractivity contribution in [3.05, 3.63) is 12.2 Å². The van der Waals surface area contributed by atoms with Gasteiger partial charge in [0, 0.05) is 6.42 Å². The number of nitrogens with one attached hydrogen (secondary N) is 1. The molecule has 0 aliphatic rings. The van der Waals surface area contributed by atoms with Gasteiger partial charge in [0.2, 0.25) is 5.91 Å². The topological polar surface area (TPSA) is 69.6 Å². The average molecular weight is 734 g/mol. The van der Waals surface area contributed by atoms with Gasteiger partial charge in [-0.15, -0.1) is 0 Å². The Hall–Kier alpha value is -0.870. The van der Waals surface area contributed by atoms with Crippen LogP contribution in [-0.4, -0.2) is 34.9 Å². The van der Waals surface area contributed by atoms with Crippen molar-refractivity contribution in [3.8, 4) is 0 Å². The van der Waals surface area contributed by atoms with Gasteiger partial charge < -0.3 is 15.5 Å². The summed E-state index contributed by atoms with van der Waals surface area (Å²) in [4.78, 5) is 12.4. The summed E-state index contributed by atoms with van der Waals surface area (Å²) < 4.78 is 0. The van der Waals surface area contributed by atoms with E-state index in [1.165, 1.54) is 218 Å². The minimum Gasteiger partial charge on any atom is -0.394 e. The van der Waals surface area contributed by atoms with Crippen LogP contribution in [-0.2, 0) is 4.79 Å². The molecular formula is C48H95NO3. The second-order valence-electron chi connectivity index (χ2n) is 16.5. The predicted octanol–water partition coefficient (Wildman–Crippen LogP) is 15.0. The van der Waals surface area contributed by atoms with Crippen molar-refractivity contribution in [1.29, 1.82) is 0 Å². The highest BCUT2D eigenvalue weighted by atomic mass is 16.3. The van der Waals surface area contributed by atoms with Gasteiger partial charge in [0.15, 0.2) is 0 Å². The molecule has 0 aromatic rings. The van der Waals surface area contributed by atoms with Crippen LogP contribution >= 0.6 is 0 Å². The normalized spacial score (nSPS) is 12.9. The van der Waals surface area contributed by atoms with Crippen molar-refractivity contribution < 1.29 is 15.0 Å². The lowest BCUT2D eigenvalue weighted by Crippen LogP contribution is -2.45. The van der Waals surface area contributed by atoms with E-state index in [-0.39, 0.29) is 12.5 Å². The third-order valence-electron chi connectivity index (χ3n) is 11.3. The number of rotatable bonds is 44. The van der Waals surface area contributed by atoms with Crippen LogP contribution in [0.2, 0.25) is 0 Å². The number of unbranched alkanes of at least 4 members (excludes halogenated alkanes) is 35. The molecule has 0 aromatic carbocycles. The first-order valence-electron chi connectivity index (χ1n) is 23.9. The van der Waals surface area contributed by atoms with E-state index >= 15 is 0 Å². The minimum absolute atomic E-state index is 0.0355. The molecule has 0 aliphatic heterocycles. The number of carbonyl (C=O) groups excluding carboxylic acids is 1. The Labute approximate surface area is 327 Å². The Kier molecular flexibility index (Phi) is 43.8. The smallest absolute Gasteiger partial charge is 0.220 e. The van der Waals surface area contributed by atoms with E-state index in [2.05, 4.69) is 31.3 Å². The molecule has 2 unspecified atom stereocenters. The Morgan fingerprint density at radius 1 is 0.442 bits per heavy atom. The number of hydrogen-bond acceptors (Lipinski definition) is 3. The molecule has 0 radical (unpaired) electrons. The van der Waals surface area contributed by atoms with E-state index in [1.54, 1.807) is 0 Å². The SMILES string of the molecule is CCCCCCCCCCC/C=C\CCCCCCCC(=O)NC(CO)C(O)CCCCCCCCCCCCCCCCCCCCCCCC. The van der Waals surface area contributed by atoms with Crippen LogP contribution in [0, 0.1) is 0 Å². The van der Waals surface area contributed by atoms with Crippen molar-refractivity contribution in [2.45, 2.75) is 283 Å². The highest BCUT2D eigenvalue weighted by Crippen LogP contribution is 2.17. The first-order chi connectivity index (χ1) is 25.7. The van der Waals surface area contributed by atoms with Crippen molar-refractivity contribution in [2.75, 3.05) is 6.61 Å². The van der Waals surface area contributed by atoms with E-state index < -0.39 is 12.1 Å². The molecule has 4 heteroatoms. The Balaban J connectivity index is 3.48. The van der Waals surface area contributed by atoms with Gasteiger partial charge in [-0.05, 0) is 38.5 Å². The summed E-state index contributed by atoms with van der Waals surface area (Å²) in [6, 6.07) is -0.537. The zero-order valence-electron chi connectivity index (χ0n) is 35.6. The second-order valence-corrected chi connectivity index (χ2v) is 16.5. The molecule has 0 heterocycles. The zero-order valence-corrected chi connectivity index (χ0v) is 35.6. The molecule has 0 saturated heterocycles. The van der Waals surface area contributed by atoms with E-state index in [9.17, 15) is 15.0 Å².